The van der Waals surface area contributed by atoms with Gasteiger partial charge in [0.1, 0.15) is 22.7 Å². The summed E-state index contributed by atoms with van der Waals surface area (Å²) in [5.74, 6) is -4.84. The molecule has 0 spiro atoms. The molecule has 8 heteroatoms. The monoisotopic (exact) mass is 420 g/mol. The third-order valence-electron chi connectivity index (χ3n) is 5.30. The molecule has 0 amide bonds. The second kappa shape index (κ2) is 6.80. The first-order chi connectivity index (χ1) is 14.9. The Bertz CT molecular complexity index is 1510. The van der Waals surface area contributed by atoms with Gasteiger partial charge in [0.2, 0.25) is 0 Å². The van der Waals surface area contributed by atoms with Gasteiger partial charge in [-0.3, -0.25) is 14.5 Å². The first-order valence-electron chi connectivity index (χ1n) is 9.48. The van der Waals surface area contributed by atoms with Crippen molar-refractivity contribution in [2.45, 2.75) is 12.8 Å². The zero-order valence-electron chi connectivity index (χ0n) is 16.2. The van der Waals surface area contributed by atoms with Gasteiger partial charge in [-0.05, 0) is 42.8 Å². The van der Waals surface area contributed by atoms with Gasteiger partial charge in [0.15, 0.2) is 0 Å². The summed E-state index contributed by atoms with van der Waals surface area (Å²) in [6, 6.07) is 15.6. The highest BCUT2D eigenvalue weighted by atomic mass is 19.3. The number of halogens is 3. The molecule has 0 fully saturated rings. The molecule has 0 saturated heterocycles. The number of nitrogens with zero attached hydrogens (tertiary/aromatic N) is 3. The van der Waals surface area contributed by atoms with E-state index in [0.717, 1.165) is 6.07 Å². The van der Waals surface area contributed by atoms with Gasteiger partial charge in [0.25, 0.3) is 5.56 Å². The third kappa shape index (κ3) is 2.75. The van der Waals surface area contributed by atoms with E-state index in [4.69, 9.17) is 0 Å². The number of pyridine rings is 2. The third-order valence-corrected chi connectivity index (χ3v) is 5.30. The molecule has 0 atom stereocenters. The normalized spacial score (nSPS) is 12.0. The number of nitrogens with one attached hydrogen (secondary N) is 1. The molecule has 2 aromatic carbocycles. The van der Waals surface area contributed by atoms with E-state index in [1.54, 1.807) is 42.5 Å². The summed E-state index contributed by atoms with van der Waals surface area (Å²) < 4.78 is 46.9. The number of aromatic nitrogens is 4. The average Bonchev–Trinajstić information content (AvgIpc) is 3.23. The van der Waals surface area contributed by atoms with Crippen LogP contribution in [0.2, 0.25) is 0 Å². The molecule has 154 valence electrons. The van der Waals surface area contributed by atoms with E-state index in [9.17, 15) is 9.18 Å². The number of aryl methyl sites for hydroxylation is 1. The van der Waals surface area contributed by atoms with E-state index in [1.807, 2.05) is 0 Å². The van der Waals surface area contributed by atoms with Crippen molar-refractivity contribution in [3.8, 4) is 5.69 Å². The largest absolute Gasteiger partial charge is 0.317 e. The van der Waals surface area contributed by atoms with E-state index >= 15 is 8.78 Å². The Morgan fingerprint density at radius 2 is 1.77 bits per heavy atom. The molecule has 0 aliphatic rings. The van der Waals surface area contributed by atoms with Gasteiger partial charge in [-0.1, -0.05) is 30.3 Å². The van der Waals surface area contributed by atoms with Crippen molar-refractivity contribution in [1.82, 2.24) is 19.7 Å². The lowest BCUT2D eigenvalue weighted by molar-refractivity contribution is 0.0354. The predicted molar refractivity (Wildman–Crippen MR) is 111 cm³/mol. The maximum atomic E-state index is 15.5. The number of alkyl halides is 2. The maximum Gasteiger partial charge on any atom is 0.317 e. The number of hydrogen-bond donors (Lipinski definition) is 1. The van der Waals surface area contributed by atoms with Crippen LogP contribution in [-0.2, 0) is 5.92 Å². The van der Waals surface area contributed by atoms with Crippen molar-refractivity contribution < 1.29 is 13.2 Å². The van der Waals surface area contributed by atoms with E-state index in [2.05, 4.69) is 15.2 Å². The van der Waals surface area contributed by atoms with E-state index in [0.29, 0.717) is 11.1 Å². The van der Waals surface area contributed by atoms with Gasteiger partial charge in [0, 0.05) is 11.6 Å². The summed E-state index contributed by atoms with van der Waals surface area (Å²) in [4.78, 5) is 17.8. The molecule has 1 N–H and O–H groups in total. The van der Waals surface area contributed by atoms with Crippen molar-refractivity contribution in [2.24, 2.45) is 0 Å². The van der Waals surface area contributed by atoms with Crippen LogP contribution in [0.1, 0.15) is 16.8 Å². The smallest absolute Gasteiger partial charge is 0.275 e. The Labute approximate surface area is 173 Å². The molecule has 0 aliphatic heterocycles. The van der Waals surface area contributed by atoms with Crippen LogP contribution in [0.4, 0.5) is 13.2 Å². The second-order valence-electron chi connectivity index (χ2n) is 7.18. The van der Waals surface area contributed by atoms with E-state index in [1.165, 1.54) is 29.8 Å². The van der Waals surface area contributed by atoms with Crippen LogP contribution in [0.15, 0.2) is 71.7 Å². The van der Waals surface area contributed by atoms with Crippen molar-refractivity contribution in [2.75, 3.05) is 0 Å². The maximum absolute atomic E-state index is 15.5. The fourth-order valence-electron chi connectivity index (χ4n) is 3.78. The number of H-pyrrole nitrogens is 1. The Hall–Kier alpha value is -3.94. The molecule has 31 heavy (non-hydrogen) atoms. The van der Waals surface area contributed by atoms with Gasteiger partial charge >= 0.3 is 5.92 Å². The summed E-state index contributed by atoms with van der Waals surface area (Å²) in [7, 11) is 0. The minimum Gasteiger partial charge on any atom is -0.275 e. The van der Waals surface area contributed by atoms with Crippen LogP contribution in [0.25, 0.3) is 27.6 Å². The number of hydrogen-bond acceptors (Lipinski definition) is 3. The van der Waals surface area contributed by atoms with Crippen molar-refractivity contribution >= 4 is 21.9 Å². The zero-order chi connectivity index (χ0) is 21.8. The van der Waals surface area contributed by atoms with Gasteiger partial charge in [-0.25, -0.2) is 9.37 Å². The minimum atomic E-state index is -3.81. The fourth-order valence-corrected chi connectivity index (χ4v) is 3.78. The number of aromatic amines is 1. The van der Waals surface area contributed by atoms with Crippen LogP contribution in [0.5, 0.6) is 0 Å². The summed E-state index contributed by atoms with van der Waals surface area (Å²) in [5.41, 5.74) is -1.41. The highest BCUT2D eigenvalue weighted by Crippen LogP contribution is 2.40. The molecular formula is C23H15F3N4O. The SMILES string of the molecule is Cc1cccc(C(F)(F)c2[nH]nc3c2c(=O)n(-c2ccccc2)c2ncccc32)c1F. The predicted octanol–water partition coefficient (Wildman–Crippen LogP) is 4.85. The van der Waals surface area contributed by atoms with E-state index in [-0.39, 0.29) is 22.1 Å². The zero-order valence-corrected chi connectivity index (χ0v) is 16.2. The van der Waals surface area contributed by atoms with Gasteiger partial charge in [-0.15, -0.1) is 0 Å². The van der Waals surface area contributed by atoms with Crippen LogP contribution in [-0.4, -0.2) is 19.7 Å². The molecule has 0 radical (unpaired) electrons. The average molecular weight is 420 g/mol. The summed E-state index contributed by atoms with van der Waals surface area (Å²) in [6.45, 7) is 1.40. The number of benzene rings is 2. The van der Waals surface area contributed by atoms with Crippen molar-refractivity contribution in [3.63, 3.8) is 0 Å². The molecule has 5 aromatic rings. The molecule has 5 nitrogen and oxygen atoms in total. The standard InChI is InChI=1S/C23H15F3N4O/c1-13-7-5-11-16(18(13)24)23(25,26)20-17-19(28-29-20)15-10-6-12-27-21(15)30(22(17)31)14-8-3-2-4-9-14/h2-12H,1H3,(H,28,29). The highest BCUT2D eigenvalue weighted by molar-refractivity contribution is 6.03. The first-order valence-corrected chi connectivity index (χ1v) is 9.48. The fraction of sp³-hybridized carbons (Fsp3) is 0.0870. The van der Waals surface area contributed by atoms with Crippen LogP contribution in [0.3, 0.4) is 0 Å². The lowest BCUT2D eigenvalue weighted by Gasteiger charge is -2.17. The van der Waals surface area contributed by atoms with Crippen LogP contribution < -0.4 is 5.56 Å². The lowest BCUT2D eigenvalue weighted by atomic mass is 10.00. The first kappa shape index (κ1) is 19.0. The molecule has 5 rings (SSSR count). The van der Waals surface area contributed by atoms with Crippen molar-refractivity contribution in [3.05, 3.63) is 99.9 Å². The number of fused-ring (bicyclic) bond motifs is 3. The minimum absolute atomic E-state index is 0.0583. The summed E-state index contributed by atoms with van der Waals surface area (Å²) >= 11 is 0. The molecule has 0 saturated carbocycles. The Kier molecular flexibility index (Phi) is 4.18. The molecular weight excluding hydrogens is 405 g/mol. The molecule has 3 aromatic heterocycles. The molecule has 0 unspecified atom stereocenters. The Morgan fingerprint density at radius 3 is 2.55 bits per heavy atom. The molecule has 0 bridgehead atoms. The van der Waals surface area contributed by atoms with Crippen LogP contribution in [0, 0.1) is 12.7 Å². The quantitative estimate of drug-likeness (QED) is 0.454. The van der Waals surface area contributed by atoms with E-state index < -0.39 is 28.6 Å². The van der Waals surface area contributed by atoms with Crippen LogP contribution >= 0.6 is 0 Å². The van der Waals surface area contributed by atoms with Crippen molar-refractivity contribution in [1.29, 1.82) is 0 Å². The molecule has 3 heterocycles. The summed E-state index contributed by atoms with van der Waals surface area (Å²) in [5, 5.41) is 6.42. The lowest BCUT2D eigenvalue weighted by Crippen LogP contribution is -2.24. The Morgan fingerprint density at radius 1 is 1.00 bits per heavy atom. The topological polar surface area (TPSA) is 63.6 Å². The highest BCUT2D eigenvalue weighted by Gasteiger charge is 2.42. The molecule has 0 aliphatic carbocycles. The summed E-state index contributed by atoms with van der Waals surface area (Å²) in [6.07, 6.45) is 1.51. The van der Waals surface area contributed by atoms with Gasteiger partial charge in [0.05, 0.1) is 16.6 Å². The number of rotatable bonds is 3. The second-order valence-corrected chi connectivity index (χ2v) is 7.18. The Balaban J connectivity index is 1.90. The number of para-hydroxylation sites is 1. The van der Waals surface area contributed by atoms with Gasteiger partial charge in [-0.2, -0.15) is 13.9 Å². The van der Waals surface area contributed by atoms with Gasteiger partial charge < -0.3 is 0 Å².